The summed E-state index contributed by atoms with van der Waals surface area (Å²) in [7, 11) is 0. The molecule has 1 heterocycles. The Labute approximate surface area is 199 Å². The molecule has 0 unspecified atom stereocenters. The minimum Gasteiger partial charge on any atom is -0.508 e. The number of nitrogens with zero attached hydrogens (tertiary/aromatic N) is 1. The van der Waals surface area contributed by atoms with E-state index in [2.05, 4.69) is 15.5 Å². The van der Waals surface area contributed by atoms with E-state index < -0.39 is 0 Å². The first-order valence-corrected chi connectivity index (χ1v) is 11.5. The number of phenols is 1. The molecule has 34 heavy (non-hydrogen) atoms. The molecule has 1 aliphatic heterocycles. The van der Waals surface area contributed by atoms with Gasteiger partial charge in [-0.2, -0.15) is 0 Å². The summed E-state index contributed by atoms with van der Waals surface area (Å²) in [6.45, 7) is 1.67. The highest BCUT2D eigenvalue weighted by Gasteiger charge is 2.21. The maximum atomic E-state index is 13.4. The highest BCUT2D eigenvalue weighted by Crippen LogP contribution is 2.23. The molecule has 1 saturated heterocycles. The Morgan fingerprint density at radius 2 is 1.74 bits per heavy atom. The average molecular weight is 464 g/mol. The summed E-state index contributed by atoms with van der Waals surface area (Å²) in [5, 5.41) is 25.7. The minimum atomic E-state index is -0.361. The molecule has 4 rings (SSSR count). The molecular weight excluding hydrogens is 433 g/mol. The number of hydrogen-bond donors (Lipinski definition) is 4. The lowest BCUT2D eigenvalue weighted by Gasteiger charge is -2.32. The van der Waals surface area contributed by atoms with Gasteiger partial charge >= 0.3 is 0 Å². The van der Waals surface area contributed by atoms with Crippen LogP contribution >= 0.6 is 0 Å². The number of nitrogens with one attached hydrogen (secondary N) is 2. The number of aromatic hydroxyl groups is 1. The Morgan fingerprint density at radius 3 is 2.44 bits per heavy atom. The maximum Gasteiger partial charge on any atom is 0.238 e. The lowest BCUT2D eigenvalue weighted by molar-refractivity contribution is -0.117. The first kappa shape index (κ1) is 23.7. The van der Waals surface area contributed by atoms with Gasteiger partial charge in [0.2, 0.25) is 5.91 Å². The van der Waals surface area contributed by atoms with Crippen molar-refractivity contribution >= 4 is 17.3 Å². The summed E-state index contributed by atoms with van der Waals surface area (Å²) >= 11 is 0. The van der Waals surface area contributed by atoms with Gasteiger partial charge in [-0.3, -0.25) is 9.69 Å². The van der Waals surface area contributed by atoms with E-state index in [0.29, 0.717) is 18.5 Å². The lowest BCUT2D eigenvalue weighted by atomic mass is 10.0. The molecule has 7 heteroatoms. The van der Waals surface area contributed by atoms with Crippen molar-refractivity contribution in [1.82, 2.24) is 4.90 Å². The van der Waals surface area contributed by atoms with E-state index in [1.165, 1.54) is 12.1 Å². The summed E-state index contributed by atoms with van der Waals surface area (Å²) < 4.78 is 13.4. The Morgan fingerprint density at radius 1 is 1.00 bits per heavy atom. The number of carbonyl (C=O) groups excluding carboxylic acids is 1. The topological polar surface area (TPSA) is 84.8 Å². The molecule has 6 nitrogen and oxygen atoms in total. The van der Waals surface area contributed by atoms with E-state index in [1.807, 2.05) is 36.4 Å². The maximum absolute atomic E-state index is 13.4. The first-order valence-electron chi connectivity index (χ1n) is 11.5. The summed E-state index contributed by atoms with van der Waals surface area (Å²) in [4.78, 5) is 14.6. The van der Waals surface area contributed by atoms with Gasteiger partial charge in [-0.25, -0.2) is 4.39 Å². The molecule has 0 aliphatic carbocycles. The number of halogens is 1. The van der Waals surface area contributed by atoms with Crippen LogP contribution in [0.25, 0.3) is 0 Å². The molecule has 0 atom stereocenters. The van der Waals surface area contributed by atoms with Crippen molar-refractivity contribution in [3.05, 3.63) is 89.2 Å². The number of amides is 1. The number of carbonyl (C=O) groups is 1. The molecule has 1 amide bonds. The van der Waals surface area contributed by atoms with Gasteiger partial charge < -0.3 is 20.8 Å². The van der Waals surface area contributed by atoms with Crippen LogP contribution in [0.3, 0.4) is 0 Å². The van der Waals surface area contributed by atoms with Crippen LogP contribution in [0, 0.1) is 5.82 Å². The van der Waals surface area contributed by atoms with E-state index in [9.17, 15) is 19.4 Å². The number of hydrogen-bond acceptors (Lipinski definition) is 5. The van der Waals surface area contributed by atoms with Crippen molar-refractivity contribution < 1.29 is 19.4 Å². The number of benzene rings is 3. The molecule has 178 valence electrons. The number of piperidine rings is 1. The second-order valence-electron chi connectivity index (χ2n) is 8.70. The van der Waals surface area contributed by atoms with Gasteiger partial charge in [0.15, 0.2) is 0 Å². The van der Waals surface area contributed by atoms with Crippen molar-refractivity contribution in [2.75, 3.05) is 30.3 Å². The molecule has 3 aromatic rings. The van der Waals surface area contributed by atoms with E-state index >= 15 is 0 Å². The molecule has 0 aromatic heterocycles. The van der Waals surface area contributed by atoms with Gasteiger partial charge in [-0.05, 0) is 60.4 Å². The van der Waals surface area contributed by atoms with E-state index in [-0.39, 0.29) is 30.1 Å². The third-order valence-electron chi connectivity index (χ3n) is 6.18. The summed E-state index contributed by atoms with van der Waals surface area (Å²) in [6.07, 6.45) is 2.34. The summed E-state index contributed by atoms with van der Waals surface area (Å²) in [5.41, 5.74) is 3.97. The summed E-state index contributed by atoms with van der Waals surface area (Å²) in [5.74, 6) is -0.133. The normalized spacial score (nSPS) is 14.6. The third kappa shape index (κ3) is 6.34. The predicted molar refractivity (Wildman–Crippen MR) is 131 cm³/mol. The number of aliphatic hydroxyl groups is 1. The fourth-order valence-corrected chi connectivity index (χ4v) is 4.28. The van der Waals surface area contributed by atoms with Crippen LogP contribution < -0.4 is 10.6 Å². The molecule has 1 fully saturated rings. The van der Waals surface area contributed by atoms with Gasteiger partial charge in [0.05, 0.1) is 13.2 Å². The number of rotatable bonds is 8. The van der Waals surface area contributed by atoms with Crippen molar-refractivity contribution in [3.8, 4) is 5.75 Å². The highest BCUT2D eigenvalue weighted by atomic mass is 19.1. The fourth-order valence-electron chi connectivity index (χ4n) is 4.28. The fraction of sp³-hybridized carbons (Fsp3) is 0.296. The van der Waals surface area contributed by atoms with Crippen molar-refractivity contribution in [2.24, 2.45) is 0 Å². The third-order valence-corrected chi connectivity index (χ3v) is 6.18. The number of anilines is 2. The molecule has 0 spiro atoms. The average Bonchev–Trinajstić information content (AvgIpc) is 2.84. The van der Waals surface area contributed by atoms with Gasteiger partial charge in [0, 0.05) is 42.5 Å². The van der Waals surface area contributed by atoms with Gasteiger partial charge in [-0.1, -0.05) is 30.3 Å². The molecule has 4 N–H and O–H groups in total. The van der Waals surface area contributed by atoms with Crippen LogP contribution in [-0.4, -0.2) is 46.7 Å². The lowest BCUT2D eigenvalue weighted by Crippen LogP contribution is -2.42. The SMILES string of the molecule is O=C(CN1CCC(Nc2ccc(F)cc2CO)CC1)Nc1ccc(Cc2ccccc2O)cc1. The molecular formula is C27H30FN3O3. The second-order valence-corrected chi connectivity index (χ2v) is 8.70. The van der Waals surface area contributed by atoms with E-state index in [4.69, 9.17) is 0 Å². The second kappa shape index (κ2) is 11.1. The van der Waals surface area contributed by atoms with Crippen LogP contribution in [0.4, 0.5) is 15.8 Å². The van der Waals surface area contributed by atoms with Crippen molar-refractivity contribution in [3.63, 3.8) is 0 Å². The standard InChI is InChI=1S/C27H30FN3O3/c28-22-7-10-25(21(16-22)18-32)29-24-11-13-31(14-12-24)17-27(34)30-23-8-5-19(6-9-23)15-20-3-1-2-4-26(20)33/h1-10,16,24,29,32-33H,11-15,17-18H2,(H,30,34). The Kier molecular flexibility index (Phi) is 7.77. The number of aliphatic hydroxyl groups excluding tert-OH is 1. The first-order chi connectivity index (χ1) is 16.5. The van der Waals surface area contributed by atoms with Crippen molar-refractivity contribution in [1.29, 1.82) is 0 Å². The van der Waals surface area contributed by atoms with Crippen LogP contribution in [0.1, 0.15) is 29.5 Å². The van der Waals surface area contributed by atoms with Crippen LogP contribution in [0.2, 0.25) is 0 Å². The number of likely N-dealkylation sites (tertiary alicyclic amines) is 1. The van der Waals surface area contributed by atoms with Gasteiger partial charge in [0.25, 0.3) is 0 Å². The highest BCUT2D eigenvalue weighted by molar-refractivity contribution is 5.92. The van der Waals surface area contributed by atoms with E-state index in [0.717, 1.165) is 48.4 Å². The smallest absolute Gasteiger partial charge is 0.238 e. The summed E-state index contributed by atoms with van der Waals surface area (Å²) in [6, 6.07) is 19.6. The Hall–Kier alpha value is -3.42. The minimum absolute atomic E-state index is 0.0547. The zero-order chi connectivity index (χ0) is 23.9. The van der Waals surface area contributed by atoms with Crippen molar-refractivity contribution in [2.45, 2.75) is 31.9 Å². The largest absolute Gasteiger partial charge is 0.508 e. The molecule has 3 aromatic carbocycles. The molecule has 0 radical (unpaired) electrons. The molecule has 0 bridgehead atoms. The van der Waals surface area contributed by atoms with Gasteiger partial charge in [0.1, 0.15) is 11.6 Å². The van der Waals surface area contributed by atoms with Crippen LogP contribution in [0.5, 0.6) is 5.75 Å². The Bertz CT molecular complexity index is 1110. The zero-order valence-corrected chi connectivity index (χ0v) is 19.0. The van der Waals surface area contributed by atoms with E-state index in [1.54, 1.807) is 18.2 Å². The van der Waals surface area contributed by atoms with Crippen LogP contribution in [0.15, 0.2) is 66.7 Å². The quantitative estimate of drug-likeness (QED) is 0.404. The molecule has 0 saturated carbocycles. The van der Waals surface area contributed by atoms with Gasteiger partial charge in [-0.15, -0.1) is 0 Å². The van der Waals surface area contributed by atoms with Crippen LogP contribution in [-0.2, 0) is 17.8 Å². The zero-order valence-electron chi connectivity index (χ0n) is 19.0. The number of para-hydroxylation sites is 1. The number of phenolic OH excluding ortho intramolecular Hbond substituents is 1. The monoisotopic (exact) mass is 463 g/mol. The Balaban J connectivity index is 1.22. The predicted octanol–water partition coefficient (Wildman–Crippen LogP) is 4.13. The molecule has 1 aliphatic rings.